The fourth-order valence-corrected chi connectivity index (χ4v) is 5.26. The Bertz CT molecular complexity index is 1850. The summed E-state index contributed by atoms with van der Waals surface area (Å²) < 4.78 is 67.6. The summed E-state index contributed by atoms with van der Waals surface area (Å²) in [6.07, 6.45) is -0.702. The topological polar surface area (TPSA) is 82.7 Å². The quantitative estimate of drug-likeness (QED) is 0.214. The molecule has 5 aromatic rings. The smallest absolute Gasteiger partial charge is 0.301 e. The summed E-state index contributed by atoms with van der Waals surface area (Å²) in [7, 11) is -3.47. The minimum absolute atomic E-state index is 0.117. The third-order valence-electron chi connectivity index (χ3n) is 6.22. The second-order valence-corrected chi connectivity index (χ2v) is 11.9. The first kappa shape index (κ1) is 27.9. The molecule has 0 aliphatic rings. The summed E-state index contributed by atoms with van der Waals surface area (Å²) in [5, 5.41) is 9.07. The Morgan fingerprint density at radius 2 is 1.68 bits per heavy atom. The third kappa shape index (κ3) is 5.63. The molecule has 0 unspecified atom stereocenters. The molecule has 0 aliphatic heterocycles. The van der Waals surface area contributed by atoms with E-state index in [0.29, 0.717) is 44.7 Å². The van der Waals surface area contributed by atoms with Gasteiger partial charge in [-0.15, -0.1) is 5.10 Å². The standard InChI is InChI=1S/C27H20Cl2F3N5O2S/c1-16-34-26(27(30,31)32)15-36(16)24-9-7-19(18-4-3-5-21(12-18)40(2,38)39)13-25(24)37-20(14-33-35-37)10-17-6-8-22(28)23(29)11-17/h3-9,11-15H,10H2,1-2H3. The van der Waals surface area contributed by atoms with Gasteiger partial charge in [0.1, 0.15) is 5.82 Å². The number of aryl methyl sites for hydroxylation is 1. The van der Waals surface area contributed by atoms with E-state index < -0.39 is 21.7 Å². The Morgan fingerprint density at radius 3 is 2.35 bits per heavy atom. The number of rotatable bonds is 6. The van der Waals surface area contributed by atoms with Crippen molar-refractivity contribution in [3.05, 3.63) is 106 Å². The van der Waals surface area contributed by atoms with Crippen molar-refractivity contribution in [3.8, 4) is 22.5 Å². The molecule has 40 heavy (non-hydrogen) atoms. The summed E-state index contributed by atoms with van der Waals surface area (Å²) in [6, 6.07) is 16.6. The van der Waals surface area contributed by atoms with Crippen LogP contribution >= 0.6 is 23.2 Å². The lowest BCUT2D eigenvalue weighted by molar-refractivity contribution is -0.141. The zero-order valence-corrected chi connectivity index (χ0v) is 23.3. The normalized spacial score (nSPS) is 12.2. The second kappa shape index (κ2) is 10.4. The molecule has 0 spiro atoms. The van der Waals surface area contributed by atoms with E-state index >= 15 is 0 Å². The van der Waals surface area contributed by atoms with E-state index in [1.807, 2.05) is 0 Å². The summed E-state index contributed by atoms with van der Waals surface area (Å²) in [6.45, 7) is 1.47. The minimum atomic E-state index is -4.63. The van der Waals surface area contributed by atoms with Crippen LogP contribution in [0.1, 0.15) is 22.8 Å². The van der Waals surface area contributed by atoms with Crippen LogP contribution in [0.25, 0.3) is 22.5 Å². The lowest BCUT2D eigenvalue weighted by Gasteiger charge is -2.16. The first-order valence-electron chi connectivity index (χ1n) is 11.7. The van der Waals surface area contributed by atoms with Crippen LogP contribution in [0.15, 0.2) is 78.0 Å². The van der Waals surface area contributed by atoms with Gasteiger partial charge < -0.3 is 4.57 Å². The number of hydrogen-bond donors (Lipinski definition) is 0. The molecule has 2 heterocycles. The Kier molecular flexibility index (Phi) is 7.24. The van der Waals surface area contributed by atoms with Crippen LogP contribution in [0.4, 0.5) is 13.2 Å². The zero-order valence-electron chi connectivity index (χ0n) is 21.0. The van der Waals surface area contributed by atoms with E-state index in [4.69, 9.17) is 23.2 Å². The van der Waals surface area contributed by atoms with Crippen LogP contribution in [-0.4, -0.2) is 39.2 Å². The molecule has 0 fully saturated rings. The van der Waals surface area contributed by atoms with Crippen molar-refractivity contribution in [3.63, 3.8) is 0 Å². The average Bonchev–Trinajstić information content (AvgIpc) is 3.52. The van der Waals surface area contributed by atoms with Gasteiger partial charge in [-0.1, -0.05) is 52.7 Å². The van der Waals surface area contributed by atoms with E-state index in [1.54, 1.807) is 54.7 Å². The van der Waals surface area contributed by atoms with Gasteiger partial charge in [0.15, 0.2) is 15.5 Å². The molecule has 3 aromatic carbocycles. The van der Waals surface area contributed by atoms with Gasteiger partial charge in [-0.05, 0) is 60.0 Å². The van der Waals surface area contributed by atoms with Crippen LogP contribution in [0.2, 0.25) is 10.0 Å². The highest BCUT2D eigenvalue weighted by Crippen LogP contribution is 2.33. The van der Waals surface area contributed by atoms with Crippen molar-refractivity contribution in [2.24, 2.45) is 0 Å². The number of halogens is 5. The molecule has 0 radical (unpaired) electrons. The Labute approximate surface area is 237 Å². The number of nitrogens with zero attached hydrogens (tertiary/aromatic N) is 5. The molecule has 0 saturated heterocycles. The largest absolute Gasteiger partial charge is 0.434 e. The maximum Gasteiger partial charge on any atom is 0.434 e. The third-order valence-corrected chi connectivity index (χ3v) is 8.07. The maximum atomic E-state index is 13.5. The van der Waals surface area contributed by atoms with E-state index in [9.17, 15) is 21.6 Å². The number of alkyl halides is 3. The van der Waals surface area contributed by atoms with Crippen molar-refractivity contribution in [2.45, 2.75) is 24.4 Å². The van der Waals surface area contributed by atoms with Crippen molar-refractivity contribution in [1.82, 2.24) is 24.5 Å². The number of hydrogen-bond acceptors (Lipinski definition) is 5. The van der Waals surface area contributed by atoms with Gasteiger partial charge in [0.05, 0.1) is 38.2 Å². The first-order valence-corrected chi connectivity index (χ1v) is 14.4. The molecule has 2 aromatic heterocycles. The highest BCUT2D eigenvalue weighted by atomic mass is 35.5. The van der Waals surface area contributed by atoms with Gasteiger partial charge in [-0.3, -0.25) is 0 Å². The number of sulfone groups is 1. The lowest BCUT2D eigenvalue weighted by Crippen LogP contribution is -2.09. The van der Waals surface area contributed by atoms with Crippen LogP contribution < -0.4 is 0 Å². The van der Waals surface area contributed by atoms with E-state index in [2.05, 4.69) is 15.3 Å². The van der Waals surface area contributed by atoms with Gasteiger partial charge in [0.2, 0.25) is 0 Å². The monoisotopic (exact) mass is 605 g/mol. The molecule has 0 atom stereocenters. The summed E-state index contributed by atoms with van der Waals surface area (Å²) in [5.74, 6) is 0.117. The maximum absolute atomic E-state index is 13.5. The van der Waals surface area contributed by atoms with Gasteiger partial charge in [0.25, 0.3) is 0 Å². The van der Waals surface area contributed by atoms with Gasteiger partial charge in [-0.2, -0.15) is 13.2 Å². The molecule has 7 nitrogen and oxygen atoms in total. The summed E-state index contributed by atoms with van der Waals surface area (Å²) in [4.78, 5) is 3.84. The second-order valence-electron chi connectivity index (χ2n) is 9.11. The molecular formula is C27H20Cl2F3N5O2S. The fraction of sp³-hybridized carbons (Fsp3) is 0.148. The number of aromatic nitrogens is 5. The fourth-order valence-electron chi connectivity index (χ4n) is 4.27. The van der Waals surface area contributed by atoms with Crippen LogP contribution in [-0.2, 0) is 22.4 Å². The number of imidazole rings is 1. The SMILES string of the molecule is Cc1nc(C(F)(F)F)cn1-c1ccc(-c2cccc(S(C)(=O)=O)c2)cc1-n1nncc1Cc1ccc(Cl)c(Cl)c1. The molecule has 0 N–H and O–H groups in total. The molecule has 0 aliphatic carbocycles. The van der Waals surface area contributed by atoms with Crippen LogP contribution in [0.5, 0.6) is 0 Å². The first-order chi connectivity index (χ1) is 18.8. The molecule has 5 rings (SSSR count). The van der Waals surface area contributed by atoms with Gasteiger partial charge >= 0.3 is 6.18 Å². The highest BCUT2D eigenvalue weighted by Gasteiger charge is 2.34. The molecule has 0 saturated carbocycles. The minimum Gasteiger partial charge on any atom is -0.301 e. The van der Waals surface area contributed by atoms with E-state index in [0.717, 1.165) is 18.0 Å². The zero-order chi connectivity index (χ0) is 28.8. The van der Waals surface area contributed by atoms with Crippen molar-refractivity contribution in [1.29, 1.82) is 0 Å². The Morgan fingerprint density at radius 1 is 0.925 bits per heavy atom. The number of benzene rings is 3. The lowest BCUT2D eigenvalue weighted by atomic mass is 10.0. The van der Waals surface area contributed by atoms with E-state index in [-0.39, 0.29) is 10.7 Å². The average molecular weight is 606 g/mol. The Hall–Kier alpha value is -3.67. The Balaban J connectivity index is 1.69. The predicted molar refractivity (Wildman–Crippen MR) is 146 cm³/mol. The summed E-state index contributed by atoms with van der Waals surface area (Å²) >= 11 is 12.2. The van der Waals surface area contributed by atoms with Gasteiger partial charge in [0, 0.05) is 18.9 Å². The summed E-state index contributed by atoms with van der Waals surface area (Å²) in [5.41, 5.74) is 2.39. The molecule has 0 amide bonds. The predicted octanol–water partition coefficient (Wildman–Crippen LogP) is 6.75. The van der Waals surface area contributed by atoms with E-state index in [1.165, 1.54) is 28.3 Å². The van der Waals surface area contributed by atoms with Crippen LogP contribution in [0, 0.1) is 6.92 Å². The molecular weight excluding hydrogens is 586 g/mol. The highest BCUT2D eigenvalue weighted by molar-refractivity contribution is 7.90. The molecule has 13 heteroatoms. The van der Waals surface area contributed by atoms with Crippen molar-refractivity contribution >= 4 is 33.0 Å². The molecule has 0 bridgehead atoms. The van der Waals surface area contributed by atoms with Crippen LogP contribution in [0.3, 0.4) is 0 Å². The van der Waals surface area contributed by atoms with Gasteiger partial charge in [-0.25, -0.2) is 18.1 Å². The van der Waals surface area contributed by atoms with Crippen molar-refractivity contribution < 1.29 is 21.6 Å². The van der Waals surface area contributed by atoms with Crippen molar-refractivity contribution in [2.75, 3.05) is 6.26 Å². The molecule has 206 valence electrons.